The Morgan fingerprint density at radius 2 is 2.00 bits per heavy atom. The molecule has 0 bridgehead atoms. The maximum Gasteiger partial charge on any atom is 0.339 e. The molecule has 1 N–H and O–H groups in total. The van der Waals surface area contributed by atoms with Crippen molar-refractivity contribution in [2.24, 2.45) is 7.05 Å². The third-order valence-corrected chi connectivity index (χ3v) is 4.44. The highest BCUT2D eigenvalue weighted by atomic mass is 35.5. The second-order valence-electron chi connectivity index (χ2n) is 6.13. The molecule has 0 aliphatic heterocycles. The van der Waals surface area contributed by atoms with Crippen molar-refractivity contribution in [1.82, 2.24) is 9.78 Å². The van der Waals surface area contributed by atoms with Crippen molar-refractivity contribution in [2.75, 3.05) is 19.0 Å². The molecule has 0 saturated heterocycles. The summed E-state index contributed by atoms with van der Waals surface area (Å²) in [5, 5.41) is 7.20. The molecule has 0 unspecified atom stereocenters. The van der Waals surface area contributed by atoms with Crippen LogP contribution in [0.1, 0.15) is 35.6 Å². The Morgan fingerprint density at radius 1 is 1.32 bits per heavy atom. The first kappa shape index (κ1) is 21.6. The largest absolute Gasteiger partial charge is 0.493 e. The van der Waals surface area contributed by atoms with Crippen LogP contribution in [0.5, 0.6) is 11.5 Å². The number of amides is 1. The zero-order valence-corrected chi connectivity index (χ0v) is 17.5. The molecule has 1 aromatic heterocycles. The first-order valence-electron chi connectivity index (χ1n) is 8.71. The summed E-state index contributed by atoms with van der Waals surface area (Å²) >= 11 is 6.18. The van der Waals surface area contributed by atoms with Crippen molar-refractivity contribution in [3.8, 4) is 11.5 Å². The molecule has 2 aromatic rings. The summed E-state index contributed by atoms with van der Waals surface area (Å²) in [5.41, 5.74) is 2.22. The Kier molecular flexibility index (Phi) is 6.90. The van der Waals surface area contributed by atoms with Crippen LogP contribution in [0.25, 0.3) is 0 Å². The standard InChI is InChI=1S/C19H24ClN3O5/c1-7-27-17-14(20)8-13(9-15(17)26-6)19(25)28-12(4)18(24)21-16-10(2)22-23(5)11(16)3/h8-9,12H,7H2,1-6H3,(H,21,24)/t12-/m0/s1. The van der Waals surface area contributed by atoms with Crippen molar-refractivity contribution in [3.05, 3.63) is 34.1 Å². The zero-order valence-electron chi connectivity index (χ0n) is 16.8. The molecule has 0 aliphatic rings. The fourth-order valence-electron chi connectivity index (χ4n) is 2.58. The Hall–Kier alpha value is -2.74. The summed E-state index contributed by atoms with van der Waals surface area (Å²) in [5.74, 6) is -0.515. The van der Waals surface area contributed by atoms with Crippen molar-refractivity contribution in [3.63, 3.8) is 0 Å². The highest BCUT2D eigenvalue weighted by molar-refractivity contribution is 6.32. The Bertz CT molecular complexity index is 894. The van der Waals surface area contributed by atoms with Gasteiger partial charge in [0.2, 0.25) is 0 Å². The molecule has 1 amide bonds. The summed E-state index contributed by atoms with van der Waals surface area (Å²) in [6.07, 6.45) is -1.03. The van der Waals surface area contributed by atoms with E-state index in [4.69, 9.17) is 25.8 Å². The van der Waals surface area contributed by atoms with Gasteiger partial charge in [0, 0.05) is 7.05 Å². The quantitative estimate of drug-likeness (QED) is 0.705. The fraction of sp³-hybridized carbons (Fsp3) is 0.421. The number of carbonyl (C=O) groups is 2. The molecule has 2 rings (SSSR count). The summed E-state index contributed by atoms with van der Waals surface area (Å²) in [6.45, 7) is 7.31. The minimum atomic E-state index is -1.03. The first-order chi connectivity index (χ1) is 13.2. The van der Waals surface area contributed by atoms with Gasteiger partial charge in [-0.1, -0.05) is 11.6 Å². The van der Waals surface area contributed by atoms with E-state index in [1.54, 1.807) is 18.7 Å². The molecular formula is C19H24ClN3O5. The zero-order chi connectivity index (χ0) is 21.0. The van der Waals surface area contributed by atoms with Crippen LogP contribution in [0.3, 0.4) is 0 Å². The van der Waals surface area contributed by atoms with E-state index in [0.29, 0.717) is 29.5 Å². The van der Waals surface area contributed by atoms with Crippen LogP contribution >= 0.6 is 11.6 Å². The Morgan fingerprint density at radius 3 is 2.54 bits per heavy atom. The number of benzene rings is 1. The molecule has 28 heavy (non-hydrogen) atoms. The number of ether oxygens (including phenoxy) is 3. The number of hydrogen-bond donors (Lipinski definition) is 1. The molecule has 9 heteroatoms. The van der Waals surface area contributed by atoms with Gasteiger partial charge in [0.05, 0.1) is 41.4 Å². The van der Waals surface area contributed by atoms with E-state index in [1.807, 2.05) is 13.8 Å². The Balaban J connectivity index is 2.13. The number of halogens is 1. The first-order valence-corrected chi connectivity index (χ1v) is 9.09. The molecule has 152 valence electrons. The molecule has 0 fully saturated rings. The predicted octanol–water partition coefficient (Wildman–Crippen LogP) is 3.28. The van der Waals surface area contributed by atoms with Crippen LogP contribution < -0.4 is 14.8 Å². The van der Waals surface area contributed by atoms with Gasteiger partial charge in [0.1, 0.15) is 0 Å². The van der Waals surface area contributed by atoms with Gasteiger partial charge in [-0.25, -0.2) is 4.79 Å². The normalized spacial score (nSPS) is 11.7. The van der Waals surface area contributed by atoms with Crippen LogP contribution in [-0.2, 0) is 16.6 Å². The van der Waals surface area contributed by atoms with Gasteiger partial charge < -0.3 is 19.5 Å². The van der Waals surface area contributed by atoms with Crippen LogP contribution in [0.15, 0.2) is 12.1 Å². The predicted molar refractivity (Wildman–Crippen MR) is 105 cm³/mol. The maximum atomic E-state index is 12.5. The molecule has 1 heterocycles. The van der Waals surface area contributed by atoms with Crippen LogP contribution in [0, 0.1) is 13.8 Å². The number of carbonyl (C=O) groups excluding carboxylic acids is 2. The average Bonchev–Trinajstić information content (AvgIpc) is 2.89. The van der Waals surface area contributed by atoms with Crippen molar-refractivity contribution in [1.29, 1.82) is 0 Å². The molecule has 1 aromatic carbocycles. The minimum Gasteiger partial charge on any atom is -0.493 e. The lowest BCUT2D eigenvalue weighted by Gasteiger charge is -2.16. The van der Waals surface area contributed by atoms with E-state index < -0.39 is 18.0 Å². The molecule has 8 nitrogen and oxygen atoms in total. The molecule has 0 aliphatic carbocycles. The van der Waals surface area contributed by atoms with Crippen LogP contribution in [0.4, 0.5) is 5.69 Å². The lowest BCUT2D eigenvalue weighted by Crippen LogP contribution is -2.30. The van der Waals surface area contributed by atoms with Gasteiger partial charge in [-0.15, -0.1) is 0 Å². The van der Waals surface area contributed by atoms with E-state index in [-0.39, 0.29) is 10.6 Å². The summed E-state index contributed by atoms with van der Waals surface area (Å²) in [4.78, 5) is 24.9. The molecule has 0 radical (unpaired) electrons. The third-order valence-electron chi connectivity index (χ3n) is 4.16. The summed E-state index contributed by atoms with van der Waals surface area (Å²) < 4.78 is 17.6. The number of anilines is 1. The monoisotopic (exact) mass is 409 g/mol. The highest BCUT2D eigenvalue weighted by Gasteiger charge is 2.23. The number of aryl methyl sites for hydroxylation is 2. The SMILES string of the molecule is CCOc1c(Cl)cc(C(=O)O[C@@H](C)C(=O)Nc2c(C)nn(C)c2C)cc1OC. The van der Waals surface area contributed by atoms with Crippen LogP contribution in [-0.4, -0.2) is 41.5 Å². The molecule has 0 saturated carbocycles. The number of esters is 1. The highest BCUT2D eigenvalue weighted by Crippen LogP contribution is 2.36. The second-order valence-corrected chi connectivity index (χ2v) is 6.54. The topological polar surface area (TPSA) is 91.7 Å². The van der Waals surface area contributed by atoms with E-state index in [0.717, 1.165) is 5.69 Å². The second kappa shape index (κ2) is 8.97. The fourth-order valence-corrected chi connectivity index (χ4v) is 2.85. The number of hydrogen-bond acceptors (Lipinski definition) is 6. The number of aromatic nitrogens is 2. The third kappa shape index (κ3) is 4.56. The van der Waals surface area contributed by atoms with E-state index in [9.17, 15) is 9.59 Å². The van der Waals surface area contributed by atoms with E-state index >= 15 is 0 Å². The van der Waals surface area contributed by atoms with Crippen molar-refractivity contribution < 1.29 is 23.8 Å². The minimum absolute atomic E-state index is 0.152. The van der Waals surface area contributed by atoms with Gasteiger partial charge in [-0.2, -0.15) is 5.10 Å². The van der Waals surface area contributed by atoms with Crippen molar-refractivity contribution in [2.45, 2.75) is 33.8 Å². The van der Waals surface area contributed by atoms with Crippen LogP contribution in [0.2, 0.25) is 5.02 Å². The molecular weight excluding hydrogens is 386 g/mol. The summed E-state index contributed by atoms with van der Waals surface area (Å²) in [7, 11) is 3.22. The smallest absolute Gasteiger partial charge is 0.339 e. The number of nitrogens with zero attached hydrogens (tertiary/aromatic N) is 2. The maximum absolute atomic E-state index is 12.5. The molecule has 1 atom stereocenters. The van der Waals surface area contributed by atoms with Crippen molar-refractivity contribution >= 4 is 29.2 Å². The van der Waals surface area contributed by atoms with E-state index in [1.165, 1.54) is 26.2 Å². The number of rotatable bonds is 7. The lowest BCUT2D eigenvalue weighted by atomic mass is 10.2. The van der Waals surface area contributed by atoms with E-state index in [2.05, 4.69) is 10.4 Å². The van der Waals surface area contributed by atoms with Gasteiger partial charge in [0.15, 0.2) is 17.6 Å². The van der Waals surface area contributed by atoms with Gasteiger partial charge in [-0.3, -0.25) is 9.48 Å². The summed E-state index contributed by atoms with van der Waals surface area (Å²) in [6, 6.07) is 2.87. The number of nitrogens with one attached hydrogen (secondary N) is 1. The number of methoxy groups -OCH3 is 1. The van der Waals surface area contributed by atoms with Gasteiger partial charge in [0.25, 0.3) is 5.91 Å². The molecule has 0 spiro atoms. The van der Waals surface area contributed by atoms with Gasteiger partial charge >= 0.3 is 5.97 Å². The lowest BCUT2D eigenvalue weighted by molar-refractivity contribution is -0.123. The van der Waals surface area contributed by atoms with Gasteiger partial charge in [-0.05, 0) is 39.8 Å². The average molecular weight is 410 g/mol. The Labute approximate surface area is 168 Å².